The number of hydrogen-bond donors (Lipinski definition) is 0. The molecule has 0 N–H and O–H groups in total. The van der Waals surface area contributed by atoms with Gasteiger partial charge in [-0.25, -0.2) is 0 Å². The molecule has 0 aliphatic rings. The van der Waals surface area contributed by atoms with Crippen LogP contribution in [0.25, 0.3) is 0 Å². The molecule has 0 radical (unpaired) electrons. The second-order valence-electron chi connectivity index (χ2n) is 2.51. The molecule has 58 valence electrons. The van der Waals surface area contributed by atoms with Crippen molar-refractivity contribution < 1.29 is 0 Å². The Morgan fingerprint density at radius 1 is 1.00 bits per heavy atom. The van der Waals surface area contributed by atoms with Gasteiger partial charge in [0.1, 0.15) is 0 Å². The third-order valence-corrected chi connectivity index (χ3v) is 0. The van der Waals surface area contributed by atoms with Gasteiger partial charge < -0.3 is 0 Å². The van der Waals surface area contributed by atoms with E-state index in [1.165, 1.54) is 0 Å². The lowest BCUT2D eigenvalue weighted by molar-refractivity contribution is 1.91. The molecule has 0 nitrogen and oxygen atoms in total. The predicted octanol–water partition coefficient (Wildman–Crippen LogP) is 3.37. The van der Waals surface area contributed by atoms with Gasteiger partial charge in [-0.2, -0.15) is 0 Å². The van der Waals surface area contributed by atoms with Crippen molar-refractivity contribution in [1.82, 2.24) is 0 Å². The highest BCUT2D eigenvalue weighted by Crippen LogP contribution is 2.17. The minimum absolute atomic E-state index is 0.139. The van der Waals surface area contributed by atoms with Crippen LogP contribution in [0.15, 0.2) is 0 Å². The molecule has 0 aliphatic carbocycles. The molecule has 0 aromatic rings. The fourth-order valence-electron chi connectivity index (χ4n) is 0. The van der Waals surface area contributed by atoms with Crippen molar-refractivity contribution in [2.45, 2.75) is 26.2 Å². The number of hydrogen-bond acceptors (Lipinski definition) is 0. The zero-order valence-electron chi connectivity index (χ0n) is 6.21. The van der Waals surface area contributed by atoms with Crippen molar-refractivity contribution in [2.75, 3.05) is 0 Å². The summed E-state index contributed by atoms with van der Waals surface area (Å²) < 4.78 is 0. The van der Waals surface area contributed by atoms with Crippen LogP contribution in [0.5, 0.6) is 0 Å². The third-order valence-electron chi connectivity index (χ3n) is 0. The molecule has 0 saturated heterocycles. The maximum Gasteiger partial charge on any atom is 0.338 e. The minimum atomic E-state index is -2.19. The Morgan fingerprint density at radius 2 is 1.00 bits per heavy atom. The monoisotopic (exact) mass is 222 g/mol. The molecule has 0 aromatic heterocycles. The van der Waals surface area contributed by atoms with E-state index in [0.29, 0.717) is 0 Å². The fraction of sp³-hybridized carbons (Fsp3) is 1.00. The lowest BCUT2D eigenvalue weighted by atomic mass is 11.8. The highest BCUT2D eigenvalue weighted by atomic mass is 35.8. The Balaban J connectivity index is 0. The van der Waals surface area contributed by atoms with Gasteiger partial charge in [0.15, 0.2) is 0 Å². The standard InChI is InChI=1S/C3H10Si.CH3Cl3Si/c1-4(2)3;1-5(2,3)4/h4H,1-3H3;1H3. The van der Waals surface area contributed by atoms with E-state index in [9.17, 15) is 0 Å². The van der Waals surface area contributed by atoms with Crippen LogP contribution >= 0.6 is 33.2 Å². The largest absolute Gasteiger partial charge is 0.338 e. The second-order valence-corrected chi connectivity index (χ2v) is 16.1. The normalized spacial score (nSPS) is 10.7. The maximum absolute atomic E-state index is 5.20. The van der Waals surface area contributed by atoms with Crippen LogP contribution in [0.3, 0.4) is 0 Å². The zero-order chi connectivity index (χ0) is 8.08. The van der Waals surface area contributed by atoms with E-state index >= 15 is 0 Å². The summed E-state index contributed by atoms with van der Waals surface area (Å²) in [5.74, 6) is 0. The van der Waals surface area contributed by atoms with Crippen molar-refractivity contribution in [3.8, 4) is 0 Å². The number of rotatable bonds is 0. The maximum atomic E-state index is 5.20. The summed E-state index contributed by atoms with van der Waals surface area (Å²) in [6, 6.07) is -2.19. The Labute approximate surface area is 74.2 Å². The molecule has 0 bridgehead atoms. The molecule has 0 aliphatic heterocycles. The summed E-state index contributed by atoms with van der Waals surface area (Å²) in [6.45, 7) is 8.54. The molecular weight excluding hydrogens is 211 g/mol. The van der Waals surface area contributed by atoms with Crippen molar-refractivity contribution in [3.63, 3.8) is 0 Å². The van der Waals surface area contributed by atoms with Gasteiger partial charge in [0.05, 0.1) is 0 Å². The molecule has 0 aromatic carbocycles. The van der Waals surface area contributed by atoms with E-state index in [1.54, 1.807) is 6.55 Å². The van der Waals surface area contributed by atoms with Crippen molar-refractivity contribution in [1.29, 1.82) is 0 Å². The van der Waals surface area contributed by atoms with Crippen LogP contribution < -0.4 is 0 Å². The minimum Gasteiger partial charge on any atom is -0.126 e. The summed E-state index contributed by atoms with van der Waals surface area (Å²) >= 11 is 15.6. The molecule has 0 amide bonds. The van der Waals surface area contributed by atoms with E-state index < -0.39 is 6.00 Å². The van der Waals surface area contributed by atoms with E-state index in [1.807, 2.05) is 0 Å². The van der Waals surface area contributed by atoms with Gasteiger partial charge in [-0.1, -0.05) is 19.6 Å². The van der Waals surface area contributed by atoms with Gasteiger partial charge in [0.2, 0.25) is 0 Å². The summed E-state index contributed by atoms with van der Waals surface area (Å²) in [5.41, 5.74) is 0. The Kier molecular flexibility index (Phi) is 8.68. The van der Waals surface area contributed by atoms with Gasteiger partial charge in [-0.15, -0.1) is 33.2 Å². The summed E-state index contributed by atoms with van der Waals surface area (Å²) in [4.78, 5) is 0. The molecule has 0 spiro atoms. The lowest BCUT2D eigenvalue weighted by Crippen LogP contribution is -1.97. The van der Waals surface area contributed by atoms with Crippen molar-refractivity contribution in [2.24, 2.45) is 0 Å². The van der Waals surface area contributed by atoms with Gasteiger partial charge in [-0.3, -0.25) is 0 Å². The molecule has 5 heteroatoms. The van der Waals surface area contributed by atoms with Crippen LogP contribution in [0.1, 0.15) is 0 Å². The van der Waals surface area contributed by atoms with Crippen LogP contribution in [0.2, 0.25) is 26.2 Å². The van der Waals surface area contributed by atoms with Crippen LogP contribution in [0, 0.1) is 0 Å². The predicted molar refractivity (Wildman–Crippen MR) is 53.9 cm³/mol. The fourth-order valence-corrected chi connectivity index (χ4v) is 0. The first-order chi connectivity index (χ1) is 3.73. The van der Waals surface area contributed by atoms with Gasteiger partial charge in [-0.05, 0) is 6.55 Å². The SMILES string of the molecule is C[SiH](C)C.C[Si](Cl)(Cl)Cl. The molecule has 0 fully saturated rings. The Hall–Kier alpha value is 1.30. The highest BCUT2D eigenvalue weighted by Gasteiger charge is 2.13. The van der Waals surface area contributed by atoms with Crippen LogP contribution in [0.4, 0.5) is 0 Å². The van der Waals surface area contributed by atoms with E-state index in [2.05, 4.69) is 19.6 Å². The second kappa shape index (κ2) is 6.04. The molecule has 0 atom stereocenters. The van der Waals surface area contributed by atoms with Gasteiger partial charge >= 0.3 is 6.00 Å². The molecule has 0 saturated carbocycles. The van der Waals surface area contributed by atoms with Crippen LogP contribution in [-0.4, -0.2) is 14.8 Å². The Morgan fingerprint density at radius 3 is 1.00 bits per heavy atom. The first kappa shape index (κ1) is 12.9. The molecule has 0 rings (SSSR count). The third kappa shape index (κ3) is 292. The molecular formula is C4H13Cl3Si2. The van der Waals surface area contributed by atoms with Crippen molar-refractivity contribution in [3.05, 3.63) is 0 Å². The van der Waals surface area contributed by atoms with Gasteiger partial charge in [0, 0.05) is 8.80 Å². The zero-order valence-corrected chi connectivity index (χ0v) is 10.6. The first-order valence-corrected chi connectivity index (χ1v) is 11.8. The molecule has 0 heterocycles. The van der Waals surface area contributed by atoms with Gasteiger partial charge in [0.25, 0.3) is 0 Å². The summed E-state index contributed by atoms with van der Waals surface area (Å²) in [5, 5.41) is 0. The highest BCUT2D eigenvalue weighted by molar-refractivity contribution is 7.64. The van der Waals surface area contributed by atoms with E-state index in [-0.39, 0.29) is 8.80 Å². The quantitative estimate of drug-likeness (QED) is 0.436. The average Bonchev–Trinajstić information content (AvgIpc) is 1.19. The molecule has 9 heavy (non-hydrogen) atoms. The average molecular weight is 224 g/mol. The van der Waals surface area contributed by atoms with Crippen molar-refractivity contribution >= 4 is 48.0 Å². The molecule has 0 unspecified atom stereocenters. The summed E-state index contributed by atoms with van der Waals surface area (Å²) in [6.07, 6.45) is 0. The van der Waals surface area contributed by atoms with Crippen LogP contribution in [-0.2, 0) is 0 Å². The smallest absolute Gasteiger partial charge is 0.126 e. The van der Waals surface area contributed by atoms with E-state index in [0.717, 1.165) is 0 Å². The number of halogens is 3. The summed E-state index contributed by atoms with van der Waals surface area (Å²) in [7, 11) is -0.139. The van der Waals surface area contributed by atoms with E-state index in [4.69, 9.17) is 33.2 Å². The Bertz CT molecular complexity index is 50.6. The first-order valence-electron chi connectivity index (χ1n) is 2.80. The topological polar surface area (TPSA) is 0 Å². The lowest BCUT2D eigenvalue weighted by Gasteiger charge is -1.89.